The number of carbonyl (C=O) groups is 1. The van der Waals surface area contributed by atoms with Gasteiger partial charge in [0.25, 0.3) is 0 Å². The number of hydrogen-bond acceptors (Lipinski definition) is 4. The third-order valence-corrected chi connectivity index (χ3v) is 5.31. The van der Waals surface area contributed by atoms with Gasteiger partial charge in [-0.2, -0.15) is 5.10 Å². The van der Waals surface area contributed by atoms with Gasteiger partial charge in [0.2, 0.25) is 5.91 Å². The molecule has 6 nitrogen and oxygen atoms in total. The molecule has 1 aromatic carbocycles. The second-order valence-electron chi connectivity index (χ2n) is 7.28. The van der Waals surface area contributed by atoms with Crippen LogP contribution in [0.25, 0.3) is 0 Å². The third kappa shape index (κ3) is 4.96. The molecule has 0 aliphatic carbocycles. The quantitative estimate of drug-likeness (QED) is 0.812. The van der Waals surface area contributed by atoms with Crippen molar-refractivity contribution in [1.82, 2.24) is 19.6 Å². The molecule has 3 rings (SSSR count). The first-order valence-corrected chi connectivity index (χ1v) is 9.80. The van der Waals surface area contributed by atoms with Gasteiger partial charge in [0.15, 0.2) is 0 Å². The van der Waals surface area contributed by atoms with Crippen molar-refractivity contribution >= 4 is 5.91 Å². The summed E-state index contributed by atoms with van der Waals surface area (Å²) in [4.78, 5) is 17.2. The monoisotopic (exact) mass is 370 g/mol. The van der Waals surface area contributed by atoms with E-state index in [0.29, 0.717) is 19.5 Å². The molecule has 1 fully saturated rings. The van der Waals surface area contributed by atoms with Gasteiger partial charge in [-0.25, -0.2) is 0 Å². The van der Waals surface area contributed by atoms with E-state index in [2.05, 4.69) is 34.0 Å². The summed E-state index contributed by atoms with van der Waals surface area (Å²) in [6.45, 7) is 7.88. The summed E-state index contributed by atoms with van der Waals surface area (Å²) in [5.41, 5.74) is 3.34. The van der Waals surface area contributed by atoms with Crippen molar-refractivity contribution in [2.24, 2.45) is 0 Å². The molecule has 2 heterocycles. The molecule has 1 aromatic heterocycles. The maximum absolute atomic E-state index is 12.8. The first-order chi connectivity index (χ1) is 13.1. The van der Waals surface area contributed by atoms with E-state index in [0.717, 1.165) is 31.7 Å². The van der Waals surface area contributed by atoms with Crippen LogP contribution in [0.15, 0.2) is 36.5 Å². The molecule has 1 atom stereocenters. The number of hydrogen-bond donors (Lipinski definition) is 1. The Labute approximate surface area is 161 Å². The Morgan fingerprint density at radius 3 is 2.70 bits per heavy atom. The Kier molecular flexibility index (Phi) is 6.63. The van der Waals surface area contributed by atoms with Crippen molar-refractivity contribution in [1.29, 1.82) is 0 Å². The van der Waals surface area contributed by atoms with E-state index in [4.69, 9.17) is 5.11 Å². The summed E-state index contributed by atoms with van der Waals surface area (Å²) in [6, 6.07) is 10.4. The van der Waals surface area contributed by atoms with Crippen LogP contribution in [0.5, 0.6) is 0 Å². The van der Waals surface area contributed by atoms with Crippen LogP contribution in [0, 0.1) is 6.92 Å². The average Bonchev–Trinajstić information content (AvgIpc) is 2.94. The van der Waals surface area contributed by atoms with Gasteiger partial charge in [-0.3, -0.25) is 14.4 Å². The smallest absolute Gasteiger partial charge is 0.224 e. The maximum atomic E-state index is 12.8. The second-order valence-corrected chi connectivity index (χ2v) is 7.28. The molecular formula is C21H30N4O2. The maximum Gasteiger partial charge on any atom is 0.224 e. The third-order valence-electron chi connectivity index (χ3n) is 5.31. The zero-order chi connectivity index (χ0) is 19.2. The van der Waals surface area contributed by atoms with Gasteiger partial charge >= 0.3 is 0 Å². The lowest BCUT2D eigenvalue weighted by Gasteiger charge is -2.31. The van der Waals surface area contributed by atoms with Crippen LogP contribution in [-0.4, -0.2) is 56.3 Å². The lowest BCUT2D eigenvalue weighted by atomic mass is 10.1. The zero-order valence-corrected chi connectivity index (χ0v) is 16.3. The Morgan fingerprint density at radius 1 is 1.22 bits per heavy atom. The highest BCUT2D eigenvalue weighted by atomic mass is 16.3. The molecule has 0 spiro atoms. The molecule has 0 bridgehead atoms. The van der Waals surface area contributed by atoms with Crippen LogP contribution < -0.4 is 0 Å². The summed E-state index contributed by atoms with van der Waals surface area (Å²) < 4.78 is 1.80. The van der Waals surface area contributed by atoms with Crippen LogP contribution in [0.3, 0.4) is 0 Å². The van der Waals surface area contributed by atoms with Crippen molar-refractivity contribution in [3.63, 3.8) is 0 Å². The molecule has 0 radical (unpaired) electrons. The average molecular weight is 370 g/mol. The normalized spacial score (nSPS) is 18.7. The van der Waals surface area contributed by atoms with Gasteiger partial charge in [-0.05, 0) is 18.9 Å². The molecule has 2 aromatic rings. The van der Waals surface area contributed by atoms with Crippen LogP contribution in [-0.2, 0) is 24.4 Å². The Hall–Kier alpha value is -2.18. The molecule has 1 aliphatic heterocycles. The minimum Gasteiger partial charge on any atom is -0.394 e. The number of aryl methyl sites for hydroxylation is 1. The fourth-order valence-electron chi connectivity index (χ4n) is 3.75. The number of aliphatic hydroxyl groups is 1. The van der Waals surface area contributed by atoms with Crippen LogP contribution in [0.2, 0.25) is 0 Å². The molecule has 0 saturated carbocycles. The van der Waals surface area contributed by atoms with Crippen molar-refractivity contribution in [3.8, 4) is 0 Å². The fraction of sp³-hybridized carbons (Fsp3) is 0.524. The number of aromatic nitrogens is 2. The van der Waals surface area contributed by atoms with Crippen LogP contribution in [0.4, 0.5) is 0 Å². The predicted octanol–water partition coefficient (Wildman–Crippen LogP) is 2.20. The van der Waals surface area contributed by atoms with Gasteiger partial charge in [0, 0.05) is 50.4 Å². The van der Waals surface area contributed by atoms with Gasteiger partial charge in [-0.15, -0.1) is 0 Å². The Morgan fingerprint density at radius 2 is 2.00 bits per heavy atom. The molecule has 1 N–H and O–H groups in total. The van der Waals surface area contributed by atoms with E-state index in [1.54, 1.807) is 4.68 Å². The Bertz CT molecular complexity index is 744. The predicted molar refractivity (Wildman–Crippen MR) is 105 cm³/mol. The van der Waals surface area contributed by atoms with E-state index < -0.39 is 0 Å². The minimum absolute atomic E-state index is 0.0884. The summed E-state index contributed by atoms with van der Waals surface area (Å²) in [6.07, 6.45) is 3.51. The number of carbonyl (C=O) groups excluding carboxylic acids is 1. The SMILES string of the molecule is CC[C@H]1CN(Cc2cn(CCO)nc2C)CCC(=O)N1Cc1ccccc1. The molecular weight excluding hydrogens is 340 g/mol. The van der Waals surface area contributed by atoms with E-state index in [-0.39, 0.29) is 18.6 Å². The van der Waals surface area contributed by atoms with Gasteiger partial charge in [-0.1, -0.05) is 37.3 Å². The summed E-state index contributed by atoms with van der Waals surface area (Å²) in [5.74, 6) is 0.237. The summed E-state index contributed by atoms with van der Waals surface area (Å²) in [7, 11) is 0. The standard InChI is InChI=1S/C21H30N4O2/c1-3-20-16-23(14-19-15-24(11-12-26)22-17(19)2)10-9-21(27)25(20)13-18-7-5-4-6-8-18/h4-8,15,20,26H,3,9-14,16H2,1-2H3/t20-/m0/s1. The molecule has 6 heteroatoms. The number of rotatable bonds is 7. The minimum atomic E-state index is 0.0884. The highest BCUT2D eigenvalue weighted by molar-refractivity contribution is 5.77. The fourth-order valence-corrected chi connectivity index (χ4v) is 3.75. The van der Waals surface area contributed by atoms with Crippen molar-refractivity contribution < 1.29 is 9.90 Å². The zero-order valence-electron chi connectivity index (χ0n) is 16.3. The van der Waals surface area contributed by atoms with Crippen molar-refractivity contribution in [3.05, 3.63) is 53.3 Å². The summed E-state index contributed by atoms with van der Waals surface area (Å²) in [5, 5.41) is 13.6. The van der Waals surface area contributed by atoms with Crippen LogP contribution in [0.1, 0.15) is 36.6 Å². The number of nitrogens with zero attached hydrogens (tertiary/aromatic N) is 4. The molecule has 146 valence electrons. The van der Waals surface area contributed by atoms with Gasteiger partial charge < -0.3 is 10.0 Å². The molecule has 1 saturated heterocycles. The lowest BCUT2D eigenvalue weighted by molar-refractivity contribution is -0.133. The Balaban J connectivity index is 1.70. The van der Waals surface area contributed by atoms with Crippen molar-refractivity contribution in [2.75, 3.05) is 19.7 Å². The van der Waals surface area contributed by atoms with Gasteiger partial charge in [0.1, 0.15) is 0 Å². The number of aliphatic hydroxyl groups excluding tert-OH is 1. The largest absolute Gasteiger partial charge is 0.394 e. The van der Waals surface area contributed by atoms with E-state index in [1.807, 2.05) is 31.3 Å². The molecule has 0 unspecified atom stereocenters. The van der Waals surface area contributed by atoms with Gasteiger partial charge in [0.05, 0.1) is 18.8 Å². The van der Waals surface area contributed by atoms with Crippen molar-refractivity contribution in [2.45, 2.75) is 52.4 Å². The van der Waals surface area contributed by atoms with Crippen LogP contribution >= 0.6 is 0 Å². The first-order valence-electron chi connectivity index (χ1n) is 9.80. The molecule has 1 amide bonds. The molecule has 27 heavy (non-hydrogen) atoms. The lowest BCUT2D eigenvalue weighted by Crippen LogP contribution is -2.42. The topological polar surface area (TPSA) is 61.6 Å². The van der Waals surface area contributed by atoms with E-state index >= 15 is 0 Å². The number of amides is 1. The second kappa shape index (κ2) is 9.15. The highest BCUT2D eigenvalue weighted by Crippen LogP contribution is 2.20. The summed E-state index contributed by atoms with van der Waals surface area (Å²) >= 11 is 0. The first kappa shape index (κ1) is 19.6. The van der Waals surface area contributed by atoms with E-state index in [1.165, 1.54) is 11.1 Å². The highest BCUT2D eigenvalue weighted by Gasteiger charge is 2.29. The molecule has 1 aliphatic rings. The number of benzene rings is 1. The van der Waals surface area contributed by atoms with E-state index in [9.17, 15) is 4.79 Å².